The molecule has 0 fully saturated rings. The molecule has 0 saturated heterocycles. The number of aromatic nitrogens is 1. The van der Waals surface area contributed by atoms with Crippen LogP contribution in [0, 0.1) is 0 Å². The highest BCUT2D eigenvalue weighted by atomic mass is 14.7. The van der Waals surface area contributed by atoms with Gasteiger partial charge in [-0.25, -0.2) is 0 Å². The molecule has 0 atom stereocenters. The van der Waals surface area contributed by atoms with Gasteiger partial charge in [0.05, 0.1) is 5.69 Å². The van der Waals surface area contributed by atoms with Crippen LogP contribution in [0.25, 0.3) is 11.6 Å². The average Bonchev–Trinajstić information content (AvgIpc) is 2.38. The number of hydrogen-bond acceptors (Lipinski definition) is 1. The molecule has 1 nitrogen and oxygen atoms in total. The van der Waals surface area contributed by atoms with Crippen LogP contribution < -0.4 is 0 Å². The van der Waals surface area contributed by atoms with E-state index in [-0.39, 0.29) is 0 Å². The molecule has 16 heavy (non-hydrogen) atoms. The van der Waals surface area contributed by atoms with Crippen molar-refractivity contribution >= 4 is 11.6 Å². The molecular weight excluding hydrogens is 194 g/mol. The Balaban J connectivity index is 2.29. The van der Waals surface area contributed by atoms with Gasteiger partial charge in [0.15, 0.2) is 0 Å². The van der Waals surface area contributed by atoms with Crippen LogP contribution in [0.1, 0.15) is 18.2 Å². The molecule has 0 saturated carbocycles. The standard InChI is InChI=1S/C15H13N/c1-13(15-9-5-6-12-16-15)10-11-14-7-3-2-4-8-14/h2-9,11-12H,1H3. The summed E-state index contributed by atoms with van der Waals surface area (Å²) in [6.07, 6.45) is 3.77. The molecule has 2 aromatic rings. The van der Waals surface area contributed by atoms with E-state index >= 15 is 0 Å². The van der Waals surface area contributed by atoms with Crippen molar-refractivity contribution in [1.82, 2.24) is 4.98 Å². The van der Waals surface area contributed by atoms with Crippen molar-refractivity contribution in [1.29, 1.82) is 0 Å². The van der Waals surface area contributed by atoms with Gasteiger partial charge < -0.3 is 0 Å². The van der Waals surface area contributed by atoms with Crippen LogP contribution in [-0.2, 0) is 0 Å². The SMILES string of the molecule is CC(=C=Cc1ccccc1)c1ccccn1. The van der Waals surface area contributed by atoms with Gasteiger partial charge in [-0.05, 0) is 30.7 Å². The van der Waals surface area contributed by atoms with E-state index in [1.807, 2.05) is 49.4 Å². The summed E-state index contributed by atoms with van der Waals surface area (Å²) in [4.78, 5) is 4.27. The fourth-order valence-corrected chi connectivity index (χ4v) is 1.40. The topological polar surface area (TPSA) is 12.9 Å². The van der Waals surface area contributed by atoms with Crippen LogP contribution in [-0.4, -0.2) is 4.98 Å². The fraction of sp³-hybridized carbons (Fsp3) is 0.0667. The lowest BCUT2D eigenvalue weighted by molar-refractivity contribution is 1.27. The highest BCUT2D eigenvalue weighted by Crippen LogP contribution is 2.09. The molecule has 1 heterocycles. The third-order valence-electron chi connectivity index (χ3n) is 2.30. The van der Waals surface area contributed by atoms with Gasteiger partial charge in [-0.2, -0.15) is 0 Å². The summed E-state index contributed by atoms with van der Waals surface area (Å²) in [5.41, 5.74) is 6.41. The Hall–Kier alpha value is -2.11. The molecule has 0 radical (unpaired) electrons. The molecule has 0 amide bonds. The first kappa shape index (κ1) is 10.4. The highest BCUT2D eigenvalue weighted by Gasteiger charge is 1.92. The molecule has 0 N–H and O–H groups in total. The van der Waals surface area contributed by atoms with Gasteiger partial charge in [0.2, 0.25) is 0 Å². The fourth-order valence-electron chi connectivity index (χ4n) is 1.40. The predicted molar refractivity (Wildman–Crippen MR) is 67.7 cm³/mol. The minimum Gasteiger partial charge on any atom is -0.256 e. The van der Waals surface area contributed by atoms with Gasteiger partial charge in [0, 0.05) is 11.8 Å². The summed E-state index contributed by atoms with van der Waals surface area (Å²) in [6.45, 7) is 2.02. The molecule has 0 aliphatic rings. The monoisotopic (exact) mass is 207 g/mol. The summed E-state index contributed by atoms with van der Waals surface area (Å²) < 4.78 is 0. The molecule has 0 unspecified atom stereocenters. The summed E-state index contributed by atoms with van der Waals surface area (Å²) in [5.74, 6) is 0. The molecule has 0 bridgehead atoms. The maximum atomic E-state index is 4.27. The lowest BCUT2D eigenvalue weighted by atomic mass is 10.1. The second-order valence-corrected chi connectivity index (χ2v) is 3.54. The number of hydrogen-bond donors (Lipinski definition) is 0. The first-order valence-corrected chi connectivity index (χ1v) is 5.26. The van der Waals surface area contributed by atoms with E-state index in [0.717, 1.165) is 16.8 Å². The van der Waals surface area contributed by atoms with Crippen molar-refractivity contribution in [2.24, 2.45) is 0 Å². The maximum absolute atomic E-state index is 4.27. The van der Waals surface area contributed by atoms with Crippen LogP contribution >= 0.6 is 0 Å². The summed E-state index contributed by atoms with van der Waals surface area (Å²) in [6, 6.07) is 16.0. The van der Waals surface area contributed by atoms with Gasteiger partial charge in [0.1, 0.15) is 0 Å². The van der Waals surface area contributed by atoms with Crippen LogP contribution in [0.5, 0.6) is 0 Å². The van der Waals surface area contributed by atoms with Crippen molar-refractivity contribution < 1.29 is 0 Å². The number of benzene rings is 1. The van der Waals surface area contributed by atoms with Gasteiger partial charge in [-0.1, -0.05) is 36.4 Å². The first-order chi connectivity index (χ1) is 7.86. The molecule has 1 heteroatoms. The Morgan fingerprint density at radius 3 is 2.50 bits per heavy atom. The van der Waals surface area contributed by atoms with Crippen LogP contribution in [0.2, 0.25) is 0 Å². The van der Waals surface area contributed by atoms with Crippen molar-refractivity contribution in [2.75, 3.05) is 0 Å². The second-order valence-electron chi connectivity index (χ2n) is 3.54. The third-order valence-corrected chi connectivity index (χ3v) is 2.30. The van der Waals surface area contributed by atoms with Crippen molar-refractivity contribution in [3.63, 3.8) is 0 Å². The Morgan fingerprint density at radius 2 is 1.81 bits per heavy atom. The molecule has 1 aromatic carbocycles. The largest absolute Gasteiger partial charge is 0.256 e. The maximum Gasteiger partial charge on any atom is 0.0735 e. The molecule has 78 valence electrons. The minimum absolute atomic E-state index is 0.967. The second kappa shape index (κ2) is 5.11. The van der Waals surface area contributed by atoms with Crippen LogP contribution in [0.15, 0.2) is 60.5 Å². The van der Waals surface area contributed by atoms with E-state index < -0.39 is 0 Å². The van der Waals surface area contributed by atoms with Gasteiger partial charge in [0.25, 0.3) is 0 Å². The lowest BCUT2D eigenvalue weighted by Crippen LogP contribution is -1.81. The molecule has 0 aliphatic heterocycles. The Labute approximate surface area is 95.8 Å². The summed E-state index contributed by atoms with van der Waals surface area (Å²) >= 11 is 0. The Bertz CT molecular complexity index is 506. The van der Waals surface area contributed by atoms with Crippen LogP contribution in [0.3, 0.4) is 0 Å². The number of nitrogens with zero attached hydrogens (tertiary/aromatic N) is 1. The smallest absolute Gasteiger partial charge is 0.0735 e. The number of pyridine rings is 1. The Morgan fingerprint density at radius 1 is 1.06 bits per heavy atom. The highest BCUT2D eigenvalue weighted by molar-refractivity contribution is 5.64. The van der Waals surface area contributed by atoms with Crippen molar-refractivity contribution in [3.05, 3.63) is 71.7 Å². The molecule has 1 aromatic heterocycles. The molecular formula is C15H13N. The molecule has 0 aliphatic carbocycles. The van der Waals surface area contributed by atoms with E-state index in [0.29, 0.717) is 0 Å². The first-order valence-electron chi connectivity index (χ1n) is 5.26. The zero-order valence-electron chi connectivity index (χ0n) is 9.22. The van der Waals surface area contributed by atoms with Crippen molar-refractivity contribution in [3.8, 4) is 0 Å². The van der Waals surface area contributed by atoms with E-state index in [1.54, 1.807) is 6.20 Å². The lowest BCUT2D eigenvalue weighted by Gasteiger charge is -1.95. The van der Waals surface area contributed by atoms with Gasteiger partial charge >= 0.3 is 0 Å². The molecule has 0 spiro atoms. The normalized spacial score (nSPS) is 9.31. The zero-order valence-corrected chi connectivity index (χ0v) is 9.22. The molecule has 2 rings (SSSR count). The van der Waals surface area contributed by atoms with E-state index in [2.05, 4.69) is 22.8 Å². The van der Waals surface area contributed by atoms with Crippen molar-refractivity contribution in [2.45, 2.75) is 6.92 Å². The summed E-state index contributed by atoms with van der Waals surface area (Å²) in [5, 5.41) is 0. The van der Waals surface area contributed by atoms with Gasteiger partial charge in [-0.15, -0.1) is 5.73 Å². The van der Waals surface area contributed by atoms with E-state index in [4.69, 9.17) is 0 Å². The Kier molecular flexibility index (Phi) is 3.32. The summed E-state index contributed by atoms with van der Waals surface area (Å²) in [7, 11) is 0. The number of rotatable bonds is 2. The minimum atomic E-state index is 0.967. The van der Waals surface area contributed by atoms with E-state index in [9.17, 15) is 0 Å². The van der Waals surface area contributed by atoms with Crippen LogP contribution in [0.4, 0.5) is 0 Å². The number of allylic oxidation sites excluding steroid dienone is 1. The predicted octanol–water partition coefficient (Wildman–Crippen LogP) is 3.80. The zero-order chi connectivity index (χ0) is 11.2. The van der Waals surface area contributed by atoms with Gasteiger partial charge in [-0.3, -0.25) is 4.98 Å². The quantitative estimate of drug-likeness (QED) is 0.682. The van der Waals surface area contributed by atoms with E-state index in [1.165, 1.54) is 0 Å². The third kappa shape index (κ3) is 2.69. The average molecular weight is 207 g/mol.